The molecule has 8 heteroatoms. The summed E-state index contributed by atoms with van der Waals surface area (Å²) >= 11 is 0. The van der Waals surface area contributed by atoms with Gasteiger partial charge in [0.1, 0.15) is 24.8 Å². The Balaban J connectivity index is 1.81. The Morgan fingerprint density at radius 2 is 1.76 bits per heavy atom. The monoisotopic (exact) mass is 407 g/mol. The van der Waals surface area contributed by atoms with Crippen LogP contribution in [-0.4, -0.2) is 46.5 Å². The molecule has 0 unspecified atom stereocenters. The maximum Gasteiger partial charge on any atom is 0.191 e. The molecule has 0 atom stereocenters. The van der Waals surface area contributed by atoms with E-state index >= 15 is 0 Å². The van der Waals surface area contributed by atoms with Crippen molar-refractivity contribution >= 4 is 5.96 Å². The summed E-state index contributed by atoms with van der Waals surface area (Å²) in [6.45, 7) is 4.08. The van der Waals surface area contributed by atoms with Gasteiger partial charge in [0.25, 0.3) is 0 Å². The highest BCUT2D eigenvalue weighted by atomic mass is 19.1. The van der Waals surface area contributed by atoms with Gasteiger partial charge in [-0.2, -0.15) is 0 Å². The molecule has 0 aliphatic carbocycles. The Morgan fingerprint density at radius 3 is 2.48 bits per heavy atom. The highest BCUT2D eigenvalue weighted by Gasteiger charge is 2.07. The molecular weight excluding hydrogens is 380 g/mol. The standard InChI is InChI=1S/C21H27F2N3O3/c1-15-4-5-16(20(12-15)29-11-10-27-3)14-26-21(24-2)25-8-9-28-19-7-6-17(22)13-18(19)23/h4-7,12-13H,8-11,14H2,1-3H3,(H2,24,25,26). The minimum absolute atomic E-state index is 0.00801. The van der Waals surface area contributed by atoms with Crippen molar-refractivity contribution in [2.45, 2.75) is 13.5 Å². The molecule has 0 bridgehead atoms. The summed E-state index contributed by atoms with van der Waals surface area (Å²) in [6.07, 6.45) is 0. The maximum atomic E-state index is 13.5. The van der Waals surface area contributed by atoms with E-state index in [2.05, 4.69) is 15.6 Å². The van der Waals surface area contributed by atoms with Gasteiger partial charge in [0.15, 0.2) is 17.5 Å². The third-order valence-corrected chi connectivity index (χ3v) is 3.98. The largest absolute Gasteiger partial charge is 0.491 e. The van der Waals surface area contributed by atoms with Crippen LogP contribution in [0.15, 0.2) is 41.4 Å². The Morgan fingerprint density at radius 1 is 0.966 bits per heavy atom. The van der Waals surface area contributed by atoms with Crippen LogP contribution in [0.1, 0.15) is 11.1 Å². The van der Waals surface area contributed by atoms with E-state index in [1.165, 1.54) is 6.07 Å². The van der Waals surface area contributed by atoms with E-state index < -0.39 is 11.6 Å². The molecule has 0 fully saturated rings. The highest BCUT2D eigenvalue weighted by Crippen LogP contribution is 2.20. The van der Waals surface area contributed by atoms with E-state index in [1.54, 1.807) is 14.2 Å². The van der Waals surface area contributed by atoms with Crippen molar-refractivity contribution in [3.8, 4) is 11.5 Å². The second-order valence-electron chi connectivity index (χ2n) is 6.23. The summed E-state index contributed by atoms with van der Waals surface area (Å²) in [6, 6.07) is 9.20. The number of nitrogens with one attached hydrogen (secondary N) is 2. The summed E-state index contributed by atoms with van der Waals surface area (Å²) in [5, 5.41) is 6.28. The molecule has 0 saturated carbocycles. The van der Waals surface area contributed by atoms with E-state index in [0.717, 1.165) is 29.0 Å². The number of halogens is 2. The first-order chi connectivity index (χ1) is 14.0. The van der Waals surface area contributed by atoms with Gasteiger partial charge in [0, 0.05) is 32.3 Å². The molecule has 0 aromatic heterocycles. The topological polar surface area (TPSA) is 64.1 Å². The molecule has 2 N–H and O–H groups in total. The van der Waals surface area contributed by atoms with Crippen LogP contribution in [-0.2, 0) is 11.3 Å². The van der Waals surface area contributed by atoms with Gasteiger partial charge in [-0.1, -0.05) is 12.1 Å². The predicted octanol–water partition coefficient (Wildman–Crippen LogP) is 3.04. The molecule has 6 nitrogen and oxygen atoms in total. The van der Waals surface area contributed by atoms with Gasteiger partial charge in [-0.25, -0.2) is 8.78 Å². The molecule has 0 aliphatic heterocycles. The Labute approximate surface area is 169 Å². The number of nitrogens with zero attached hydrogens (tertiary/aromatic N) is 1. The minimum Gasteiger partial charge on any atom is -0.491 e. The SMILES string of the molecule is CN=C(NCCOc1ccc(F)cc1F)NCc1ccc(C)cc1OCCOC. The van der Waals surface area contributed by atoms with E-state index in [4.69, 9.17) is 14.2 Å². The first-order valence-electron chi connectivity index (χ1n) is 9.27. The number of hydrogen-bond donors (Lipinski definition) is 2. The predicted molar refractivity (Wildman–Crippen MR) is 109 cm³/mol. The first-order valence-corrected chi connectivity index (χ1v) is 9.27. The lowest BCUT2D eigenvalue weighted by Gasteiger charge is -2.15. The van der Waals surface area contributed by atoms with Crippen LogP contribution in [0.3, 0.4) is 0 Å². The normalized spacial score (nSPS) is 11.3. The zero-order valence-corrected chi connectivity index (χ0v) is 16.9. The molecule has 0 aliphatic rings. The second kappa shape index (κ2) is 11.9. The molecular formula is C21H27F2N3O3. The van der Waals surface area contributed by atoms with E-state index in [9.17, 15) is 8.78 Å². The van der Waals surface area contributed by atoms with E-state index in [1.807, 2.05) is 25.1 Å². The summed E-state index contributed by atoms with van der Waals surface area (Å²) in [7, 11) is 3.28. The number of aliphatic imine (C=N–C) groups is 1. The maximum absolute atomic E-state index is 13.5. The van der Waals surface area contributed by atoms with Gasteiger partial charge in [-0.05, 0) is 30.7 Å². The van der Waals surface area contributed by atoms with Gasteiger partial charge in [-0.15, -0.1) is 0 Å². The highest BCUT2D eigenvalue weighted by molar-refractivity contribution is 5.79. The number of ether oxygens (including phenoxy) is 3. The summed E-state index contributed by atoms with van der Waals surface area (Å²) in [5.74, 6) is -0.00231. The van der Waals surface area contributed by atoms with Gasteiger partial charge in [0.2, 0.25) is 0 Å². The average Bonchev–Trinajstić information content (AvgIpc) is 2.70. The number of guanidine groups is 1. The van der Waals surface area contributed by atoms with Crippen molar-refractivity contribution < 1.29 is 23.0 Å². The molecule has 2 aromatic carbocycles. The van der Waals surface area contributed by atoms with Crippen molar-refractivity contribution in [3.05, 3.63) is 59.2 Å². The van der Waals surface area contributed by atoms with E-state index in [0.29, 0.717) is 32.3 Å². The molecule has 0 heterocycles. The second-order valence-corrected chi connectivity index (χ2v) is 6.23. The lowest BCUT2D eigenvalue weighted by molar-refractivity contribution is 0.145. The van der Waals surface area contributed by atoms with E-state index in [-0.39, 0.29) is 12.4 Å². The van der Waals surface area contributed by atoms with Crippen LogP contribution < -0.4 is 20.1 Å². The molecule has 0 amide bonds. The summed E-state index contributed by atoms with van der Waals surface area (Å²) < 4.78 is 42.6. The zero-order valence-electron chi connectivity index (χ0n) is 16.9. The summed E-state index contributed by atoms with van der Waals surface area (Å²) in [4.78, 5) is 4.15. The molecule has 0 spiro atoms. The molecule has 158 valence electrons. The lowest BCUT2D eigenvalue weighted by atomic mass is 10.1. The quantitative estimate of drug-likeness (QED) is 0.360. The molecule has 2 rings (SSSR count). The Hall–Kier alpha value is -2.87. The number of rotatable bonds is 10. The fraction of sp³-hybridized carbons (Fsp3) is 0.381. The van der Waals surface area contributed by atoms with Crippen LogP contribution in [0.2, 0.25) is 0 Å². The van der Waals surface area contributed by atoms with Crippen molar-refractivity contribution in [2.75, 3.05) is 40.5 Å². The van der Waals surface area contributed by atoms with Gasteiger partial charge in [-0.3, -0.25) is 4.99 Å². The Bertz CT molecular complexity index is 816. The smallest absolute Gasteiger partial charge is 0.191 e. The number of methoxy groups -OCH3 is 1. The third kappa shape index (κ3) is 7.57. The van der Waals surface area contributed by atoms with Crippen LogP contribution in [0.25, 0.3) is 0 Å². The number of benzene rings is 2. The molecule has 0 saturated heterocycles. The fourth-order valence-corrected chi connectivity index (χ4v) is 2.50. The number of hydrogen-bond acceptors (Lipinski definition) is 4. The average molecular weight is 407 g/mol. The lowest BCUT2D eigenvalue weighted by Crippen LogP contribution is -2.39. The first kappa shape index (κ1) is 22.4. The molecule has 29 heavy (non-hydrogen) atoms. The van der Waals surface area contributed by atoms with Crippen molar-refractivity contribution in [1.29, 1.82) is 0 Å². The van der Waals surface area contributed by atoms with Crippen LogP contribution in [0.4, 0.5) is 8.78 Å². The van der Waals surface area contributed by atoms with Crippen molar-refractivity contribution in [3.63, 3.8) is 0 Å². The Kier molecular flexibility index (Phi) is 9.17. The van der Waals surface area contributed by atoms with Gasteiger partial charge < -0.3 is 24.8 Å². The van der Waals surface area contributed by atoms with Crippen LogP contribution in [0.5, 0.6) is 11.5 Å². The third-order valence-electron chi connectivity index (χ3n) is 3.98. The fourth-order valence-electron chi connectivity index (χ4n) is 2.50. The summed E-state index contributed by atoms with van der Waals surface area (Å²) in [5.41, 5.74) is 2.09. The molecule has 2 aromatic rings. The van der Waals surface area contributed by atoms with Gasteiger partial charge >= 0.3 is 0 Å². The van der Waals surface area contributed by atoms with Crippen LogP contribution in [0, 0.1) is 18.6 Å². The van der Waals surface area contributed by atoms with Crippen molar-refractivity contribution in [1.82, 2.24) is 10.6 Å². The van der Waals surface area contributed by atoms with Crippen LogP contribution >= 0.6 is 0 Å². The van der Waals surface area contributed by atoms with Gasteiger partial charge in [0.05, 0.1) is 13.2 Å². The zero-order chi connectivity index (χ0) is 21.1. The van der Waals surface area contributed by atoms with Crippen molar-refractivity contribution in [2.24, 2.45) is 4.99 Å². The molecule has 0 radical (unpaired) electrons. The minimum atomic E-state index is -0.729. The number of aryl methyl sites for hydroxylation is 1.